The van der Waals surface area contributed by atoms with Crippen LogP contribution < -0.4 is 5.32 Å². The second-order valence-electron chi connectivity index (χ2n) is 4.60. The summed E-state index contributed by atoms with van der Waals surface area (Å²) < 4.78 is 0. The van der Waals surface area contributed by atoms with Crippen molar-refractivity contribution < 1.29 is 19.5 Å². The van der Waals surface area contributed by atoms with E-state index in [2.05, 4.69) is 5.32 Å². The molecule has 116 valence electrons. The molecule has 0 aliphatic carbocycles. The van der Waals surface area contributed by atoms with Crippen LogP contribution in [-0.2, 0) is 9.59 Å². The van der Waals surface area contributed by atoms with Gasteiger partial charge in [-0.1, -0.05) is 6.07 Å². The normalized spacial score (nSPS) is 10.4. The number of thiophene rings is 2. The van der Waals surface area contributed by atoms with Gasteiger partial charge in [-0.15, -0.1) is 22.7 Å². The minimum atomic E-state index is -1.05. The third-order valence-electron chi connectivity index (χ3n) is 3.02. The maximum atomic E-state index is 11.9. The number of hydrogen-bond donors (Lipinski definition) is 2. The summed E-state index contributed by atoms with van der Waals surface area (Å²) in [5, 5.41) is 16.1. The quantitative estimate of drug-likeness (QED) is 0.566. The second kappa shape index (κ2) is 7.86. The van der Waals surface area contributed by atoms with E-state index in [9.17, 15) is 19.5 Å². The van der Waals surface area contributed by atoms with Crippen LogP contribution in [-0.4, -0.2) is 23.3 Å². The Hall–Kier alpha value is -1.99. The predicted molar refractivity (Wildman–Crippen MR) is 87.8 cm³/mol. The van der Waals surface area contributed by atoms with E-state index in [1.807, 2.05) is 17.5 Å². The van der Waals surface area contributed by atoms with E-state index in [1.165, 1.54) is 22.7 Å². The van der Waals surface area contributed by atoms with Gasteiger partial charge in [0.15, 0.2) is 0 Å². The Bertz CT molecular complexity index is 661. The molecule has 0 aliphatic rings. The molecule has 2 aromatic heterocycles. The van der Waals surface area contributed by atoms with E-state index >= 15 is 0 Å². The Kier molecular flexibility index (Phi) is 5.85. The largest absolute Gasteiger partial charge is 0.478 e. The van der Waals surface area contributed by atoms with Gasteiger partial charge in [-0.05, 0) is 24.3 Å². The monoisotopic (exact) mass is 337 g/mol. The van der Waals surface area contributed by atoms with E-state index in [1.54, 1.807) is 5.38 Å². The number of carboxylic acids is 1. The molecule has 0 aromatic carbocycles. The molecule has 5 nitrogen and oxygen atoms in total. The average molecular weight is 337 g/mol. The lowest BCUT2D eigenvalue weighted by atomic mass is 10.1. The third kappa shape index (κ3) is 4.02. The number of carbonyl (C=O) groups excluding carboxylic acids is 2. The standard InChI is InChI=1S/C15H15NO4S2/c17-7-3-1-2-6-12(18)16-14-13(15(19)20)10(9-22-14)11-5-4-8-21-11/h4-5,7-9H,1-3,6H2,(H,16,18)(H,19,20). The second-order valence-corrected chi connectivity index (χ2v) is 6.42. The first-order valence-corrected chi connectivity index (χ1v) is 8.51. The zero-order valence-corrected chi connectivity index (χ0v) is 13.3. The van der Waals surface area contributed by atoms with Gasteiger partial charge in [0.2, 0.25) is 5.91 Å². The van der Waals surface area contributed by atoms with Gasteiger partial charge < -0.3 is 15.2 Å². The molecule has 0 unspecified atom stereocenters. The molecule has 0 atom stereocenters. The summed E-state index contributed by atoms with van der Waals surface area (Å²) in [5.74, 6) is -1.28. The first kappa shape index (κ1) is 16.4. The zero-order chi connectivity index (χ0) is 15.9. The van der Waals surface area contributed by atoms with Crippen LogP contribution in [0, 0.1) is 0 Å². The molecule has 1 amide bonds. The molecule has 0 radical (unpaired) electrons. The van der Waals surface area contributed by atoms with E-state index < -0.39 is 5.97 Å². The Morgan fingerprint density at radius 3 is 2.73 bits per heavy atom. The first-order chi connectivity index (χ1) is 10.6. The molecular formula is C15H15NO4S2. The van der Waals surface area contributed by atoms with Crippen LogP contribution >= 0.6 is 22.7 Å². The van der Waals surface area contributed by atoms with Crippen LogP contribution in [0.25, 0.3) is 10.4 Å². The lowest BCUT2D eigenvalue weighted by Crippen LogP contribution is -2.12. The maximum absolute atomic E-state index is 11.9. The Labute approximate surface area is 135 Å². The van der Waals surface area contributed by atoms with Crippen LogP contribution in [0.1, 0.15) is 36.0 Å². The van der Waals surface area contributed by atoms with Gasteiger partial charge in [-0.3, -0.25) is 4.79 Å². The van der Waals surface area contributed by atoms with Crippen molar-refractivity contribution in [3.05, 3.63) is 28.5 Å². The number of carboxylic acid groups (broad SMARTS) is 1. The fraction of sp³-hybridized carbons (Fsp3) is 0.267. The predicted octanol–water partition coefficient (Wildman–Crippen LogP) is 3.87. The van der Waals surface area contributed by atoms with Gasteiger partial charge in [-0.25, -0.2) is 4.79 Å². The smallest absolute Gasteiger partial charge is 0.339 e. The molecule has 22 heavy (non-hydrogen) atoms. The fourth-order valence-electron chi connectivity index (χ4n) is 1.98. The third-order valence-corrected chi connectivity index (χ3v) is 4.82. The van der Waals surface area contributed by atoms with Crippen LogP contribution in [0.4, 0.5) is 5.00 Å². The number of carbonyl (C=O) groups is 3. The van der Waals surface area contributed by atoms with Crippen molar-refractivity contribution in [1.82, 2.24) is 0 Å². The van der Waals surface area contributed by atoms with Crippen molar-refractivity contribution in [2.45, 2.75) is 25.7 Å². The number of rotatable bonds is 8. The number of nitrogens with one attached hydrogen (secondary N) is 1. The van der Waals surface area contributed by atoms with Crippen LogP contribution in [0.3, 0.4) is 0 Å². The molecule has 0 aliphatic heterocycles. The molecule has 0 bridgehead atoms. The van der Waals surface area contributed by atoms with Gasteiger partial charge in [0.05, 0.1) is 0 Å². The zero-order valence-electron chi connectivity index (χ0n) is 11.7. The topological polar surface area (TPSA) is 83.5 Å². The molecule has 2 aromatic rings. The first-order valence-electron chi connectivity index (χ1n) is 6.75. The number of hydrogen-bond acceptors (Lipinski definition) is 5. The lowest BCUT2D eigenvalue weighted by Gasteiger charge is -2.05. The molecule has 7 heteroatoms. The SMILES string of the molecule is O=CCCCCC(=O)Nc1scc(-c2cccs2)c1C(=O)O. The van der Waals surface area contributed by atoms with E-state index in [4.69, 9.17) is 0 Å². The van der Waals surface area contributed by atoms with E-state index in [0.29, 0.717) is 29.8 Å². The highest BCUT2D eigenvalue weighted by atomic mass is 32.1. The highest BCUT2D eigenvalue weighted by Crippen LogP contribution is 2.37. The molecule has 0 saturated carbocycles. The van der Waals surface area contributed by atoms with Crippen molar-refractivity contribution in [3.63, 3.8) is 0 Å². The van der Waals surface area contributed by atoms with Crippen molar-refractivity contribution in [3.8, 4) is 10.4 Å². The maximum Gasteiger partial charge on any atom is 0.339 e. The summed E-state index contributed by atoms with van der Waals surface area (Å²) in [6.07, 6.45) is 2.81. The summed E-state index contributed by atoms with van der Waals surface area (Å²) in [6.45, 7) is 0. The Balaban J connectivity index is 2.10. The molecule has 0 fully saturated rings. The van der Waals surface area contributed by atoms with Crippen molar-refractivity contribution >= 4 is 45.8 Å². The Morgan fingerprint density at radius 1 is 1.27 bits per heavy atom. The molecule has 2 rings (SSSR count). The molecular weight excluding hydrogens is 322 g/mol. The number of amides is 1. The van der Waals surface area contributed by atoms with Crippen molar-refractivity contribution in [2.24, 2.45) is 0 Å². The average Bonchev–Trinajstić information content (AvgIpc) is 3.12. The van der Waals surface area contributed by atoms with Gasteiger partial charge in [0, 0.05) is 28.7 Å². The van der Waals surface area contributed by atoms with E-state index in [-0.39, 0.29) is 17.9 Å². The minimum absolute atomic E-state index is 0.133. The van der Waals surface area contributed by atoms with Gasteiger partial charge in [0.1, 0.15) is 16.9 Å². The molecule has 0 spiro atoms. The minimum Gasteiger partial charge on any atom is -0.478 e. The summed E-state index contributed by atoms with van der Waals surface area (Å²) >= 11 is 2.67. The van der Waals surface area contributed by atoms with Gasteiger partial charge >= 0.3 is 5.97 Å². The van der Waals surface area contributed by atoms with Crippen LogP contribution in [0.15, 0.2) is 22.9 Å². The lowest BCUT2D eigenvalue weighted by molar-refractivity contribution is -0.116. The molecule has 2 heterocycles. The Morgan fingerprint density at radius 2 is 2.09 bits per heavy atom. The number of anilines is 1. The molecule has 2 N–H and O–H groups in total. The van der Waals surface area contributed by atoms with E-state index in [0.717, 1.165) is 11.2 Å². The van der Waals surface area contributed by atoms with Gasteiger partial charge in [0.25, 0.3) is 0 Å². The van der Waals surface area contributed by atoms with Crippen LogP contribution in [0.5, 0.6) is 0 Å². The number of unbranched alkanes of at least 4 members (excludes halogenated alkanes) is 2. The van der Waals surface area contributed by atoms with Crippen molar-refractivity contribution in [1.29, 1.82) is 0 Å². The highest BCUT2D eigenvalue weighted by Gasteiger charge is 2.21. The summed E-state index contributed by atoms with van der Waals surface area (Å²) in [4.78, 5) is 34.4. The molecule has 0 saturated heterocycles. The summed E-state index contributed by atoms with van der Waals surface area (Å²) in [7, 11) is 0. The van der Waals surface area contributed by atoms with Crippen LogP contribution in [0.2, 0.25) is 0 Å². The van der Waals surface area contributed by atoms with Crippen molar-refractivity contribution in [2.75, 3.05) is 5.32 Å². The number of aldehydes is 1. The summed E-state index contributed by atoms with van der Waals surface area (Å²) in [6, 6.07) is 3.71. The fourth-order valence-corrected chi connectivity index (χ4v) is 3.77. The number of aromatic carboxylic acids is 1. The van der Waals surface area contributed by atoms with Gasteiger partial charge in [-0.2, -0.15) is 0 Å². The highest BCUT2D eigenvalue weighted by molar-refractivity contribution is 7.17. The summed E-state index contributed by atoms with van der Waals surface area (Å²) in [5.41, 5.74) is 0.762.